The highest BCUT2D eigenvalue weighted by Gasteiger charge is 2.21. The van der Waals surface area contributed by atoms with Crippen molar-refractivity contribution in [2.45, 2.75) is 39.2 Å². The third-order valence-electron chi connectivity index (χ3n) is 2.64. The lowest BCUT2D eigenvalue weighted by Crippen LogP contribution is -2.30. The lowest BCUT2D eigenvalue weighted by atomic mass is 10.1. The van der Waals surface area contributed by atoms with Gasteiger partial charge in [-0.05, 0) is 42.0 Å². The van der Waals surface area contributed by atoms with Gasteiger partial charge in [-0.1, -0.05) is 19.8 Å². The monoisotopic (exact) mass is 363 g/mol. The molecular weight excluding hydrogens is 345 g/mol. The zero-order valence-electron chi connectivity index (χ0n) is 10.7. The van der Waals surface area contributed by atoms with Crippen LogP contribution in [0.15, 0.2) is 23.1 Å². The Hall–Kier alpha value is -0.850. The molecule has 0 fully saturated rings. The Bertz CT molecular complexity index is 456. The minimum atomic E-state index is -0.505. The van der Waals surface area contributed by atoms with Crippen molar-refractivity contribution in [2.24, 2.45) is 0 Å². The molecular formula is C13H18INO3. The fraction of sp³-hybridized carbons (Fsp3) is 0.538. The summed E-state index contributed by atoms with van der Waals surface area (Å²) in [6.45, 7) is 4.16. The zero-order valence-corrected chi connectivity index (χ0v) is 12.8. The molecule has 1 aromatic heterocycles. The smallest absolute Gasteiger partial charge is 0.329 e. The summed E-state index contributed by atoms with van der Waals surface area (Å²) >= 11 is 2.08. The average molecular weight is 363 g/mol. The molecule has 0 saturated heterocycles. The first-order valence-electron chi connectivity index (χ1n) is 6.14. The summed E-state index contributed by atoms with van der Waals surface area (Å²) in [7, 11) is 0. The van der Waals surface area contributed by atoms with Gasteiger partial charge in [0.2, 0.25) is 0 Å². The van der Waals surface area contributed by atoms with Crippen LogP contribution >= 0.6 is 22.6 Å². The SMILES string of the molecule is CCCCC(C(=O)OCC)n1ccc(I)cc1=O. The Morgan fingerprint density at radius 1 is 1.50 bits per heavy atom. The normalized spacial score (nSPS) is 12.2. The molecule has 1 rings (SSSR count). The van der Waals surface area contributed by atoms with Crippen LogP contribution < -0.4 is 5.56 Å². The minimum absolute atomic E-state index is 0.156. The van der Waals surface area contributed by atoms with Crippen LogP contribution in [0.3, 0.4) is 0 Å². The number of hydrogen-bond donors (Lipinski definition) is 0. The van der Waals surface area contributed by atoms with Crippen molar-refractivity contribution in [3.63, 3.8) is 0 Å². The molecule has 4 nitrogen and oxygen atoms in total. The van der Waals surface area contributed by atoms with E-state index >= 15 is 0 Å². The third kappa shape index (κ3) is 4.12. The molecule has 1 atom stereocenters. The predicted octanol–water partition coefficient (Wildman–Crippen LogP) is 2.75. The van der Waals surface area contributed by atoms with E-state index in [9.17, 15) is 9.59 Å². The van der Waals surface area contributed by atoms with Crippen LogP contribution in [0.4, 0.5) is 0 Å². The largest absolute Gasteiger partial charge is 0.464 e. The van der Waals surface area contributed by atoms with Gasteiger partial charge in [0.05, 0.1) is 6.61 Å². The van der Waals surface area contributed by atoms with E-state index < -0.39 is 6.04 Å². The molecule has 0 aliphatic carbocycles. The Morgan fingerprint density at radius 2 is 2.22 bits per heavy atom. The molecule has 0 spiro atoms. The molecule has 100 valence electrons. The standard InChI is InChI=1S/C13H18INO3/c1-3-5-6-11(13(17)18-4-2)15-8-7-10(14)9-12(15)16/h7-9,11H,3-6H2,1-2H3. The van der Waals surface area contributed by atoms with Gasteiger partial charge in [-0.3, -0.25) is 4.79 Å². The first-order valence-corrected chi connectivity index (χ1v) is 7.22. The van der Waals surface area contributed by atoms with E-state index in [0.717, 1.165) is 16.4 Å². The molecule has 0 aromatic carbocycles. The van der Waals surface area contributed by atoms with Crippen LogP contribution in [0.25, 0.3) is 0 Å². The van der Waals surface area contributed by atoms with Crippen molar-refractivity contribution >= 4 is 28.6 Å². The summed E-state index contributed by atoms with van der Waals surface area (Å²) < 4.78 is 7.38. The summed E-state index contributed by atoms with van der Waals surface area (Å²) in [5.41, 5.74) is -0.156. The Labute approximate surface area is 120 Å². The molecule has 0 amide bonds. The molecule has 1 unspecified atom stereocenters. The van der Waals surface area contributed by atoms with Crippen molar-refractivity contribution in [3.05, 3.63) is 32.3 Å². The fourth-order valence-corrected chi connectivity index (χ4v) is 2.16. The number of hydrogen-bond acceptors (Lipinski definition) is 3. The highest BCUT2D eigenvalue weighted by Crippen LogP contribution is 2.16. The summed E-state index contributed by atoms with van der Waals surface area (Å²) in [5, 5.41) is 0. The van der Waals surface area contributed by atoms with E-state index in [0.29, 0.717) is 13.0 Å². The number of ether oxygens (including phenoxy) is 1. The maximum atomic E-state index is 11.9. The second-order valence-electron chi connectivity index (χ2n) is 4.00. The third-order valence-corrected chi connectivity index (χ3v) is 3.31. The summed E-state index contributed by atoms with van der Waals surface area (Å²) in [6, 6.07) is 2.84. The lowest BCUT2D eigenvalue weighted by Gasteiger charge is -2.18. The first-order chi connectivity index (χ1) is 8.60. The van der Waals surface area contributed by atoms with Crippen molar-refractivity contribution < 1.29 is 9.53 Å². The second-order valence-corrected chi connectivity index (χ2v) is 5.25. The van der Waals surface area contributed by atoms with Gasteiger partial charge in [-0.15, -0.1) is 0 Å². The molecule has 1 heterocycles. The molecule has 5 heteroatoms. The highest BCUT2D eigenvalue weighted by atomic mass is 127. The number of unbranched alkanes of at least 4 members (excludes halogenated alkanes) is 1. The van der Waals surface area contributed by atoms with Gasteiger partial charge in [0.1, 0.15) is 6.04 Å². The van der Waals surface area contributed by atoms with Crippen molar-refractivity contribution in [2.75, 3.05) is 6.61 Å². The van der Waals surface area contributed by atoms with E-state index in [2.05, 4.69) is 29.5 Å². The maximum absolute atomic E-state index is 11.9. The van der Waals surface area contributed by atoms with Crippen LogP contribution in [0.5, 0.6) is 0 Å². The molecule has 0 saturated carbocycles. The molecule has 0 aliphatic heterocycles. The molecule has 0 aliphatic rings. The number of carbonyl (C=O) groups excluding carboxylic acids is 1. The lowest BCUT2D eigenvalue weighted by molar-refractivity contribution is -0.147. The quantitative estimate of drug-likeness (QED) is 0.577. The van der Waals surface area contributed by atoms with Crippen LogP contribution in [0, 0.1) is 3.57 Å². The predicted molar refractivity (Wildman–Crippen MR) is 78.6 cm³/mol. The maximum Gasteiger partial charge on any atom is 0.329 e. The van der Waals surface area contributed by atoms with Crippen molar-refractivity contribution in [1.29, 1.82) is 0 Å². The first kappa shape index (κ1) is 15.2. The number of rotatable bonds is 6. The van der Waals surface area contributed by atoms with Crippen LogP contribution in [-0.2, 0) is 9.53 Å². The van der Waals surface area contributed by atoms with Crippen LogP contribution in [-0.4, -0.2) is 17.1 Å². The number of halogens is 1. The summed E-state index contributed by atoms with van der Waals surface area (Å²) in [5.74, 6) is -0.325. The number of aromatic nitrogens is 1. The van der Waals surface area contributed by atoms with Crippen LogP contribution in [0.2, 0.25) is 0 Å². The van der Waals surface area contributed by atoms with Gasteiger partial charge in [-0.25, -0.2) is 4.79 Å². The van der Waals surface area contributed by atoms with Crippen molar-refractivity contribution in [3.8, 4) is 0 Å². The number of pyridine rings is 1. The Kier molecular flexibility index (Phi) is 6.38. The Balaban J connectivity index is 3.01. The second kappa shape index (κ2) is 7.56. The van der Waals surface area contributed by atoms with Crippen molar-refractivity contribution in [1.82, 2.24) is 4.57 Å². The van der Waals surface area contributed by atoms with Gasteiger partial charge < -0.3 is 9.30 Å². The average Bonchev–Trinajstić information content (AvgIpc) is 2.32. The van der Waals surface area contributed by atoms with E-state index in [4.69, 9.17) is 4.74 Å². The number of nitrogens with zero attached hydrogens (tertiary/aromatic N) is 1. The molecule has 0 bridgehead atoms. The topological polar surface area (TPSA) is 48.3 Å². The van der Waals surface area contributed by atoms with Gasteiger partial charge in [0, 0.05) is 15.8 Å². The van der Waals surface area contributed by atoms with E-state index in [1.54, 1.807) is 13.1 Å². The molecule has 18 heavy (non-hydrogen) atoms. The molecule has 0 radical (unpaired) electrons. The van der Waals surface area contributed by atoms with Gasteiger partial charge in [0.25, 0.3) is 5.56 Å². The summed E-state index contributed by atoms with van der Waals surface area (Å²) in [6.07, 6.45) is 4.17. The van der Waals surface area contributed by atoms with Gasteiger partial charge >= 0.3 is 5.97 Å². The zero-order chi connectivity index (χ0) is 13.5. The number of carbonyl (C=O) groups is 1. The molecule has 0 N–H and O–H groups in total. The van der Waals surface area contributed by atoms with Crippen LogP contribution in [0.1, 0.15) is 39.2 Å². The summed E-state index contributed by atoms with van der Waals surface area (Å²) in [4.78, 5) is 23.8. The fourth-order valence-electron chi connectivity index (χ4n) is 1.73. The minimum Gasteiger partial charge on any atom is -0.464 e. The molecule has 1 aromatic rings. The van der Waals surface area contributed by atoms with E-state index in [1.807, 2.05) is 6.07 Å². The van der Waals surface area contributed by atoms with Gasteiger partial charge in [-0.2, -0.15) is 0 Å². The Morgan fingerprint density at radius 3 is 2.78 bits per heavy atom. The highest BCUT2D eigenvalue weighted by molar-refractivity contribution is 14.1. The number of esters is 1. The van der Waals surface area contributed by atoms with Gasteiger partial charge in [0.15, 0.2) is 0 Å². The van der Waals surface area contributed by atoms with E-state index in [1.165, 1.54) is 10.6 Å². The van der Waals surface area contributed by atoms with E-state index in [-0.39, 0.29) is 11.5 Å².